The van der Waals surface area contributed by atoms with Crippen LogP contribution in [0.1, 0.15) is 36.0 Å². The summed E-state index contributed by atoms with van der Waals surface area (Å²) in [5, 5.41) is 6.73. The van der Waals surface area contributed by atoms with E-state index in [-0.39, 0.29) is 0 Å². The Bertz CT molecular complexity index is 507. The minimum atomic E-state index is 0.337. The van der Waals surface area contributed by atoms with Crippen molar-refractivity contribution in [3.8, 4) is 0 Å². The van der Waals surface area contributed by atoms with Gasteiger partial charge in [0.25, 0.3) is 0 Å². The van der Waals surface area contributed by atoms with E-state index < -0.39 is 0 Å². The molecule has 1 aromatic carbocycles. The largest absolute Gasteiger partial charge is 0.376 e. The monoisotopic (exact) mass is 287 g/mol. The van der Waals surface area contributed by atoms with E-state index >= 15 is 0 Å². The van der Waals surface area contributed by atoms with Crippen molar-refractivity contribution in [1.29, 1.82) is 0 Å². The summed E-state index contributed by atoms with van der Waals surface area (Å²) in [7, 11) is 1.81. The molecule has 1 aliphatic carbocycles. The molecule has 0 amide bonds. The quantitative estimate of drug-likeness (QED) is 0.658. The molecule has 2 aliphatic rings. The zero-order valence-electron chi connectivity index (χ0n) is 12.8. The van der Waals surface area contributed by atoms with E-state index in [1.807, 2.05) is 7.05 Å². The Hall–Kier alpha value is -1.55. The van der Waals surface area contributed by atoms with E-state index in [9.17, 15) is 0 Å². The molecule has 1 heterocycles. The lowest BCUT2D eigenvalue weighted by Gasteiger charge is -2.15. The first-order valence-electron chi connectivity index (χ1n) is 8.02. The fourth-order valence-electron chi connectivity index (χ4n) is 3.16. The van der Waals surface area contributed by atoms with Crippen molar-refractivity contribution in [2.45, 2.75) is 44.8 Å². The number of rotatable bonds is 4. The van der Waals surface area contributed by atoms with Gasteiger partial charge in [-0.2, -0.15) is 0 Å². The second-order valence-electron chi connectivity index (χ2n) is 5.90. The Morgan fingerprint density at radius 1 is 1.24 bits per heavy atom. The van der Waals surface area contributed by atoms with Crippen LogP contribution < -0.4 is 10.6 Å². The average molecular weight is 287 g/mol. The summed E-state index contributed by atoms with van der Waals surface area (Å²) < 4.78 is 5.62. The molecule has 1 unspecified atom stereocenters. The molecule has 0 aromatic heterocycles. The maximum atomic E-state index is 5.62. The van der Waals surface area contributed by atoms with Gasteiger partial charge in [-0.15, -0.1) is 0 Å². The Kier molecular flexibility index (Phi) is 4.76. The van der Waals surface area contributed by atoms with Crippen molar-refractivity contribution in [2.24, 2.45) is 4.99 Å². The SMILES string of the molecule is CN=C(NCc1ccc2c(c1)CCC2)NCC1CCCO1. The van der Waals surface area contributed by atoms with Crippen molar-refractivity contribution in [2.75, 3.05) is 20.2 Å². The Balaban J connectivity index is 1.48. The second kappa shape index (κ2) is 6.94. The molecule has 0 bridgehead atoms. The molecule has 21 heavy (non-hydrogen) atoms. The van der Waals surface area contributed by atoms with Gasteiger partial charge < -0.3 is 15.4 Å². The van der Waals surface area contributed by atoms with Crippen LogP contribution in [-0.4, -0.2) is 32.3 Å². The summed E-state index contributed by atoms with van der Waals surface area (Å²) in [6, 6.07) is 6.84. The molecule has 1 atom stereocenters. The van der Waals surface area contributed by atoms with Crippen LogP contribution in [0, 0.1) is 0 Å². The van der Waals surface area contributed by atoms with Crippen LogP contribution in [0.5, 0.6) is 0 Å². The third kappa shape index (κ3) is 3.76. The summed E-state index contributed by atoms with van der Waals surface area (Å²) in [6.07, 6.45) is 6.44. The molecular weight excluding hydrogens is 262 g/mol. The molecule has 0 spiro atoms. The van der Waals surface area contributed by atoms with E-state index in [1.165, 1.54) is 42.4 Å². The molecular formula is C17H25N3O. The Morgan fingerprint density at radius 3 is 2.95 bits per heavy atom. The molecule has 4 nitrogen and oxygen atoms in total. The number of ether oxygens (including phenoxy) is 1. The number of fused-ring (bicyclic) bond motifs is 1. The number of nitrogens with zero attached hydrogens (tertiary/aromatic N) is 1. The van der Waals surface area contributed by atoms with Gasteiger partial charge in [0, 0.05) is 26.7 Å². The molecule has 1 saturated heterocycles. The second-order valence-corrected chi connectivity index (χ2v) is 5.90. The third-order valence-corrected chi connectivity index (χ3v) is 4.37. The topological polar surface area (TPSA) is 45.7 Å². The number of hydrogen-bond acceptors (Lipinski definition) is 2. The van der Waals surface area contributed by atoms with Crippen LogP contribution in [-0.2, 0) is 24.1 Å². The molecule has 1 fully saturated rings. The summed E-state index contributed by atoms with van der Waals surface area (Å²) in [6.45, 7) is 2.55. The van der Waals surface area contributed by atoms with E-state index in [2.05, 4.69) is 33.8 Å². The highest BCUT2D eigenvalue weighted by molar-refractivity contribution is 5.79. The average Bonchev–Trinajstić information content (AvgIpc) is 3.18. The summed E-state index contributed by atoms with van der Waals surface area (Å²) in [4.78, 5) is 4.28. The number of nitrogens with one attached hydrogen (secondary N) is 2. The minimum absolute atomic E-state index is 0.337. The van der Waals surface area contributed by atoms with Gasteiger partial charge in [0.05, 0.1) is 6.10 Å². The third-order valence-electron chi connectivity index (χ3n) is 4.37. The minimum Gasteiger partial charge on any atom is -0.376 e. The number of guanidine groups is 1. The lowest BCUT2D eigenvalue weighted by atomic mass is 10.1. The fraction of sp³-hybridized carbons (Fsp3) is 0.588. The highest BCUT2D eigenvalue weighted by Gasteiger charge is 2.15. The molecule has 1 aromatic rings. The maximum absolute atomic E-state index is 5.62. The van der Waals surface area contributed by atoms with Gasteiger partial charge in [-0.1, -0.05) is 18.2 Å². The van der Waals surface area contributed by atoms with E-state index in [4.69, 9.17) is 4.74 Å². The highest BCUT2D eigenvalue weighted by atomic mass is 16.5. The van der Waals surface area contributed by atoms with Crippen LogP contribution >= 0.6 is 0 Å². The van der Waals surface area contributed by atoms with Crippen LogP contribution in [0.25, 0.3) is 0 Å². The number of aryl methyl sites for hydroxylation is 2. The molecule has 0 radical (unpaired) electrons. The highest BCUT2D eigenvalue weighted by Crippen LogP contribution is 2.22. The summed E-state index contributed by atoms with van der Waals surface area (Å²) in [5.41, 5.74) is 4.38. The van der Waals surface area contributed by atoms with E-state index in [0.717, 1.165) is 32.1 Å². The number of aliphatic imine (C=N–C) groups is 1. The Labute approximate surface area is 127 Å². The zero-order valence-corrected chi connectivity index (χ0v) is 12.8. The van der Waals surface area contributed by atoms with Gasteiger partial charge in [0.2, 0.25) is 0 Å². The van der Waals surface area contributed by atoms with Gasteiger partial charge in [-0.25, -0.2) is 0 Å². The van der Waals surface area contributed by atoms with E-state index in [1.54, 1.807) is 0 Å². The van der Waals surface area contributed by atoms with Crippen molar-refractivity contribution < 1.29 is 4.74 Å². The van der Waals surface area contributed by atoms with Crippen LogP contribution in [0.3, 0.4) is 0 Å². The van der Waals surface area contributed by atoms with Crippen molar-refractivity contribution in [3.05, 3.63) is 34.9 Å². The van der Waals surface area contributed by atoms with Crippen LogP contribution in [0.4, 0.5) is 0 Å². The zero-order chi connectivity index (χ0) is 14.5. The molecule has 4 heteroatoms. The first-order valence-corrected chi connectivity index (χ1v) is 8.02. The number of benzene rings is 1. The molecule has 1 aliphatic heterocycles. The lowest BCUT2D eigenvalue weighted by Crippen LogP contribution is -2.40. The molecule has 2 N–H and O–H groups in total. The smallest absolute Gasteiger partial charge is 0.191 e. The van der Waals surface area contributed by atoms with Gasteiger partial charge in [-0.3, -0.25) is 4.99 Å². The summed E-state index contributed by atoms with van der Waals surface area (Å²) >= 11 is 0. The first kappa shape index (κ1) is 14.4. The first-order chi connectivity index (χ1) is 10.3. The predicted molar refractivity (Wildman–Crippen MR) is 85.6 cm³/mol. The van der Waals surface area contributed by atoms with Crippen molar-refractivity contribution in [3.63, 3.8) is 0 Å². The van der Waals surface area contributed by atoms with Gasteiger partial charge in [0.15, 0.2) is 5.96 Å². The fourth-order valence-corrected chi connectivity index (χ4v) is 3.16. The van der Waals surface area contributed by atoms with Crippen LogP contribution in [0.2, 0.25) is 0 Å². The maximum Gasteiger partial charge on any atom is 0.191 e. The normalized spacial score (nSPS) is 21.4. The van der Waals surface area contributed by atoms with Crippen molar-refractivity contribution in [1.82, 2.24) is 10.6 Å². The molecule has 114 valence electrons. The van der Waals surface area contributed by atoms with Gasteiger partial charge in [-0.05, 0) is 48.8 Å². The lowest BCUT2D eigenvalue weighted by molar-refractivity contribution is 0.114. The molecule has 0 saturated carbocycles. The Morgan fingerprint density at radius 2 is 2.14 bits per heavy atom. The number of hydrogen-bond donors (Lipinski definition) is 2. The summed E-state index contributed by atoms with van der Waals surface area (Å²) in [5.74, 6) is 0.853. The van der Waals surface area contributed by atoms with Crippen LogP contribution in [0.15, 0.2) is 23.2 Å². The molecule has 3 rings (SSSR count). The van der Waals surface area contributed by atoms with E-state index in [0.29, 0.717) is 6.10 Å². The van der Waals surface area contributed by atoms with Crippen molar-refractivity contribution >= 4 is 5.96 Å². The van der Waals surface area contributed by atoms with Gasteiger partial charge in [0.1, 0.15) is 0 Å². The predicted octanol–water partition coefficient (Wildman–Crippen LogP) is 2.02. The van der Waals surface area contributed by atoms with Gasteiger partial charge >= 0.3 is 0 Å². The standard InChI is InChI=1S/C17H25N3O/c1-18-17(20-12-16-6-3-9-21-16)19-11-13-7-8-14-4-2-5-15(14)10-13/h7-8,10,16H,2-6,9,11-12H2,1H3,(H2,18,19,20).